The van der Waals surface area contributed by atoms with Crippen molar-refractivity contribution in [1.82, 2.24) is 0 Å². The van der Waals surface area contributed by atoms with Crippen LogP contribution < -0.4 is 0 Å². The molecule has 21 heavy (non-hydrogen) atoms. The van der Waals surface area contributed by atoms with E-state index in [2.05, 4.69) is 0 Å². The van der Waals surface area contributed by atoms with Crippen LogP contribution in [0.1, 0.15) is 24.7 Å². The molecule has 2 nitrogen and oxygen atoms in total. The molecular formula is C18H18O2S. The minimum atomic E-state index is -0.613. The summed E-state index contributed by atoms with van der Waals surface area (Å²) in [6.07, 6.45) is 0. The van der Waals surface area contributed by atoms with Gasteiger partial charge in [0.25, 0.3) is 0 Å². The van der Waals surface area contributed by atoms with Crippen molar-refractivity contribution in [2.75, 3.05) is 0 Å². The highest BCUT2D eigenvalue weighted by Crippen LogP contribution is 2.41. The zero-order valence-corrected chi connectivity index (χ0v) is 13.0. The highest BCUT2D eigenvalue weighted by atomic mass is 32.2. The Balaban J connectivity index is 2.39. The van der Waals surface area contributed by atoms with E-state index in [1.807, 2.05) is 60.7 Å². The van der Waals surface area contributed by atoms with Gasteiger partial charge in [-0.15, -0.1) is 11.8 Å². The molecule has 0 N–H and O–H groups in total. The van der Waals surface area contributed by atoms with Crippen LogP contribution in [0.15, 0.2) is 65.6 Å². The van der Waals surface area contributed by atoms with Crippen molar-refractivity contribution >= 4 is 23.3 Å². The molecule has 0 saturated carbocycles. The van der Waals surface area contributed by atoms with Gasteiger partial charge in [0.1, 0.15) is 11.6 Å². The maximum atomic E-state index is 12.0. The van der Waals surface area contributed by atoms with Gasteiger partial charge in [-0.1, -0.05) is 48.5 Å². The van der Waals surface area contributed by atoms with Crippen molar-refractivity contribution in [1.29, 1.82) is 0 Å². The molecule has 0 amide bonds. The number of Topliss-reactive ketones (excluding diaryl/α,β-unsaturated/α-hetero) is 2. The third kappa shape index (κ3) is 4.05. The first-order valence-corrected chi connectivity index (χ1v) is 7.75. The van der Waals surface area contributed by atoms with Gasteiger partial charge >= 0.3 is 0 Å². The fourth-order valence-corrected chi connectivity index (χ4v) is 3.75. The second-order valence-electron chi connectivity index (χ2n) is 4.96. The Kier molecular flexibility index (Phi) is 5.34. The largest absolute Gasteiger partial charge is 0.299 e. The lowest BCUT2D eigenvalue weighted by atomic mass is 9.92. The monoisotopic (exact) mass is 298 g/mol. The molecule has 0 spiro atoms. The van der Waals surface area contributed by atoms with Crippen molar-refractivity contribution in [2.24, 2.45) is 5.92 Å². The topological polar surface area (TPSA) is 34.1 Å². The lowest BCUT2D eigenvalue weighted by Gasteiger charge is -2.23. The molecule has 108 valence electrons. The van der Waals surface area contributed by atoms with E-state index < -0.39 is 5.92 Å². The van der Waals surface area contributed by atoms with Gasteiger partial charge in [-0.2, -0.15) is 0 Å². The summed E-state index contributed by atoms with van der Waals surface area (Å²) in [6, 6.07) is 19.6. The molecule has 2 rings (SSSR count). The maximum Gasteiger partial charge on any atom is 0.141 e. The van der Waals surface area contributed by atoms with E-state index in [1.165, 1.54) is 13.8 Å². The lowest BCUT2D eigenvalue weighted by Crippen LogP contribution is -2.25. The van der Waals surface area contributed by atoms with Gasteiger partial charge in [0.05, 0.1) is 11.2 Å². The normalized spacial score (nSPS) is 12.1. The summed E-state index contributed by atoms with van der Waals surface area (Å²) >= 11 is 1.56. The zero-order chi connectivity index (χ0) is 15.2. The second kappa shape index (κ2) is 7.23. The third-order valence-corrected chi connectivity index (χ3v) is 4.66. The predicted octanol–water partition coefficient (Wildman–Crippen LogP) is 4.31. The number of rotatable bonds is 6. The Labute approximate surface area is 129 Å². The first-order valence-electron chi connectivity index (χ1n) is 6.87. The van der Waals surface area contributed by atoms with Crippen molar-refractivity contribution in [3.63, 3.8) is 0 Å². The molecule has 0 unspecified atom stereocenters. The number of ketones is 2. The first kappa shape index (κ1) is 15.5. The second-order valence-corrected chi connectivity index (χ2v) is 6.18. The van der Waals surface area contributed by atoms with Crippen LogP contribution in [0.3, 0.4) is 0 Å². The number of benzene rings is 2. The number of hydrogen-bond acceptors (Lipinski definition) is 3. The van der Waals surface area contributed by atoms with E-state index in [9.17, 15) is 9.59 Å². The molecule has 0 radical (unpaired) electrons. The van der Waals surface area contributed by atoms with E-state index in [4.69, 9.17) is 0 Å². The number of hydrogen-bond donors (Lipinski definition) is 0. The molecular weight excluding hydrogens is 280 g/mol. The molecule has 0 bridgehead atoms. The molecule has 0 aliphatic carbocycles. The number of thioether (sulfide) groups is 1. The van der Waals surface area contributed by atoms with Crippen molar-refractivity contribution in [2.45, 2.75) is 24.0 Å². The van der Waals surface area contributed by atoms with E-state index in [0.29, 0.717) is 0 Å². The Hall–Kier alpha value is -1.87. The maximum absolute atomic E-state index is 12.0. The van der Waals surface area contributed by atoms with Gasteiger partial charge in [-0.05, 0) is 31.5 Å². The van der Waals surface area contributed by atoms with Crippen molar-refractivity contribution in [3.05, 3.63) is 66.2 Å². The van der Waals surface area contributed by atoms with Gasteiger partial charge in [-0.3, -0.25) is 9.59 Å². The van der Waals surface area contributed by atoms with Crippen LogP contribution in [0.25, 0.3) is 0 Å². The summed E-state index contributed by atoms with van der Waals surface area (Å²) in [4.78, 5) is 25.0. The molecule has 3 heteroatoms. The molecule has 2 aromatic rings. The fraction of sp³-hybridized carbons (Fsp3) is 0.222. The number of carbonyl (C=O) groups excluding carboxylic acids is 2. The van der Waals surface area contributed by atoms with Gasteiger partial charge in [0.15, 0.2) is 0 Å². The number of carbonyl (C=O) groups is 2. The minimum absolute atomic E-state index is 0.0835. The molecule has 0 fully saturated rings. The SMILES string of the molecule is CC(=O)C(C(C)=O)[C@H](Sc1ccccc1)c1ccccc1. The van der Waals surface area contributed by atoms with Gasteiger partial charge < -0.3 is 0 Å². The molecule has 0 saturated heterocycles. The summed E-state index contributed by atoms with van der Waals surface area (Å²) in [5, 5.41) is -0.191. The fourth-order valence-electron chi connectivity index (χ4n) is 2.33. The minimum Gasteiger partial charge on any atom is -0.299 e. The van der Waals surface area contributed by atoms with E-state index >= 15 is 0 Å². The average Bonchev–Trinajstić information content (AvgIpc) is 2.48. The van der Waals surface area contributed by atoms with Crippen LogP contribution >= 0.6 is 11.8 Å². The Morgan fingerprint density at radius 3 is 1.76 bits per heavy atom. The Morgan fingerprint density at radius 2 is 1.29 bits per heavy atom. The zero-order valence-electron chi connectivity index (χ0n) is 12.2. The summed E-state index contributed by atoms with van der Waals surface area (Å²) in [5.74, 6) is -0.780. The first-order chi connectivity index (χ1) is 10.1. The van der Waals surface area contributed by atoms with Gasteiger partial charge in [0.2, 0.25) is 0 Å². The highest BCUT2D eigenvalue weighted by molar-refractivity contribution is 7.99. The summed E-state index contributed by atoms with van der Waals surface area (Å²) in [5.41, 5.74) is 1.00. The van der Waals surface area contributed by atoms with Crippen molar-refractivity contribution in [3.8, 4) is 0 Å². The third-order valence-electron chi connectivity index (χ3n) is 3.31. The smallest absolute Gasteiger partial charge is 0.141 e. The molecule has 0 heterocycles. The van der Waals surface area contributed by atoms with E-state index in [0.717, 1.165) is 10.5 Å². The molecule has 1 atom stereocenters. The predicted molar refractivity (Wildman–Crippen MR) is 86.3 cm³/mol. The van der Waals surface area contributed by atoms with Crippen LogP contribution in [0.5, 0.6) is 0 Å². The van der Waals surface area contributed by atoms with E-state index in [-0.39, 0.29) is 16.8 Å². The van der Waals surface area contributed by atoms with Crippen LogP contribution in [0.4, 0.5) is 0 Å². The summed E-state index contributed by atoms with van der Waals surface area (Å²) in [6.45, 7) is 2.99. The highest BCUT2D eigenvalue weighted by Gasteiger charge is 2.31. The van der Waals surface area contributed by atoms with Crippen LogP contribution in [-0.4, -0.2) is 11.6 Å². The van der Waals surface area contributed by atoms with Crippen molar-refractivity contribution < 1.29 is 9.59 Å². The Bertz CT molecular complexity index is 594. The molecule has 2 aromatic carbocycles. The summed E-state index contributed by atoms with van der Waals surface area (Å²) < 4.78 is 0. The van der Waals surface area contributed by atoms with Gasteiger partial charge in [0, 0.05) is 4.90 Å². The van der Waals surface area contributed by atoms with E-state index in [1.54, 1.807) is 11.8 Å². The molecule has 0 aliphatic heterocycles. The standard InChI is InChI=1S/C18H18O2S/c1-13(19)17(14(2)20)18(15-9-5-3-6-10-15)21-16-11-7-4-8-12-16/h3-12,17-18H,1-2H3/t18-/m1/s1. The quantitative estimate of drug-likeness (QED) is 0.588. The summed E-state index contributed by atoms with van der Waals surface area (Å²) in [7, 11) is 0. The molecule has 0 aliphatic rings. The van der Waals surface area contributed by atoms with Gasteiger partial charge in [-0.25, -0.2) is 0 Å². The average molecular weight is 298 g/mol. The van der Waals surface area contributed by atoms with Crippen LogP contribution in [0.2, 0.25) is 0 Å². The van der Waals surface area contributed by atoms with Crippen LogP contribution in [-0.2, 0) is 9.59 Å². The molecule has 0 aromatic heterocycles. The lowest BCUT2D eigenvalue weighted by molar-refractivity contribution is -0.130. The van der Waals surface area contributed by atoms with Crippen LogP contribution in [0, 0.1) is 5.92 Å². The Morgan fingerprint density at radius 1 is 0.810 bits per heavy atom.